The van der Waals surface area contributed by atoms with Gasteiger partial charge in [-0.25, -0.2) is 0 Å². The largest absolute Gasteiger partial charge is 0.416 e. The third-order valence-electron chi connectivity index (χ3n) is 2.83. The lowest BCUT2D eigenvalue weighted by Gasteiger charge is -2.16. The van der Waals surface area contributed by atoms with Crippen LogP contribution in [0.25, 0.3) is 0 Å². The molecule has 0 spiro atoms. The molecule has 4 heteroatoms. The number of halogens is 3. The summed E-state index contributed by atoms with van der Waals surface area (Å²) in [5, 5.41) is 0. The highest BCUT2D eigenvalue weighted by Gasteiger charge is 2.33. The highest BCUT2D eigenvalue weighted by molar-refractivity contribution is 5.37. The second-order valence-electron chi connectivity index (χ2n) is 4.10. The van der Waals surface area contributed by atoms with Crippen LogP contribution in [0.2, 0.25) is 0 Å². The molecular weight excluding hydrogens is 227 g/mol. The fourth-order valence-electron chi connectivity index (χ4n) is 1.94. The van der Waals surface area contributed by atoms with Gasteiger partial charge >= 0.3 is 6.18 Å². The van der Waals surface area contributed by atoms with E-state index in [4.69, 9.17) is 5.73 Å². The molecule has 0 radical (unpaired) electrons. The van der Waals surface area contributed by atoms with E-state index in [1.54, 1.807) is 6.07 Å². The maximum absolute atomic E-state index is 12.8. The fraction of sp³-hybridized carbons (Fsp3) is 0.538. The predicted molar refractivity (Wildman–Crippen MR) is 62.6 cm³/mol. The first-order valence-electron chi connectivity index (χ1n) is 5.88. The minimum absolute atomic E-state index is 0.158. The quantitative estimate of drug-likeness (QED) is 0.782. The van der Waals surface area contributed by atoms with Gasteiger partial charge in [0.2, 0.25) is 0 Å². The van der Waals surface area contributed by atoms with Crippen molar-refractivity contribution in [3.63, 3.8) is 0 Å². The van der Waals surface area contributed by atoms with E-state index in [0.717, 1.165) is 25.3 Å². The van der Waals surface area contributed by atoms with Crippen LogP contribution in [0.5, 0.6) is 0 Å². The van der Waals surface area contributed by atoms with Crippen LogP contribution in [0, 0.1) is 0 Å². The third-order valence-corrected chi connectivity index (χ3v) is 2.83. The highest BCUT2D eigenvalue weighted by atomic mass is 19.4. The molecular formula is C13H18F3N. The molecule has 0 aliphatic rings. The van der Waals surface area contributed by atoms with Gasteiger partial charge in [0.1, 0.15) is 0 Å². The smallest absolute Gasteiger partial charge is 0.326 e. The van der Waals surface area contributed by atoms with Crippen LogP contribution in [0.4, 0.5) is 13.2 Å². The van der Waals surface area contributed by atoms with Crippen LogP contribution in [-0.4, -0.2) is 0 Å². The van der Waals surface area contributed by atoms with Crippen molar-refractivity contribution in [2.45, 2.75) is 45.3 Å². The van der Waals surface area contributed by atoms with Crippen LogP contribution >= 0.6 is 0 Å². The van der Waals surface area contributed by atoms with Gasteiger partial charge in [0.15, 0.2) is 0 Å². The van der Waals surface area contributed by atoms with Gasteiger partial charge in [-0.05, 0) is 30.0 Å². The Morgan fingerprint density at radius 2 is 1.88 bits per heavy atom. The SMILES string of the molecule is CCCCCc1c(CN)cccc1C(F)(F)F. The van der Waals surface area contributed by atoms with Crippen molar-refractivity contribution in [2.75, 3.05) is 0 Å². The van der Waals surface area contributed by atoms with E-state index in [1.807, 2.05) is 6.92 Å². The second kappa shape index (κ2) is 6.05. The van der Waals surface area contributed by atoms with Gasteiger partial charge in [-0.2, -0.15) is 13.2 Å². The molecule has 0 aliphatic heterocycles. The number of rotatable bonds is 5. The van der Waals surface area contributed by atoms with Crippen LogP contribution in [0.3, 0.4) is 0 Å². The number of unbranched alkanes of at least 4 members (excludes halogenated alkanes) is 2. The molecule has 2 N–H and O–H groups in total. The van der Waals surface area contributed by atoms with Crippen LogP contribution < -0.4 is 5.73 Å². The van der Waals surface area contributed by atoms with E-state index < -0.39 is 11.7 Å². The number of benzene rings is 1. The molecule has 1 aromatic carbocycles. The molecule has 0 bridgehead atoms. The Morgan fingerprint density at radius 1 is 1.18 bits per heavy atom. The van der Waals surface area contributed by atoms with E-state index in [2.05, 4.69) is 0 Å². The molecule has 0 heterocycles. The van der Waals surface area contributed by atoms with Gasteiger partial charge in [0.05, 0.1) is 5.56 Å². The maximum atomic E-state index is 12.8. The van der Waals surface area contributed by atoms with Gasteiger partial charge in [0.25, 0.3) is 0 Å². The molecule has 17 heavy (non-hydrogen) atoms. The standard InChI is InChI=1S/C13H18F3N/c1-2-3-4-7-11-10(9-17)6-5-8-12(11)13(14,15)16/h5-6,8H,2-4,7,9,17H2,1H3. The zero-order valence-electron chi connectivity index (χ0n) is 9.98. The lowest BCUT2D eigenvalue weighted by atomic mass is 9.95. The lowest BCUT2D eigenvalue weighted by Crippen LogP contribution is -2.13. The Hall–Kier alpha value is -1.03. The van der Waals surface area contributed by atoms with Crippen molar-refractivity contribution >= 4 is 0 Å². The van der Waals surface area contributed by atoms with E-state index in [1.165, 1.54) is 6.07 Å². The summed E-state index contributed by atoms with van der Waals surface area (Å²) < 4.78 is 38.5. The van der Waals surface area contributed by atoms with Crippen LogP contribution in [-0.2, 0) is 19.1 Å². The van der Waals surface area contributed by atoms with E-state index in [0.29, 0.717) is 17.5 Å². The molecule has 1 rings (SSSR count). The first kappa shape index (κ1) is 14.0. The Balaban J connectivity index is 3.03. The van der Waals surface area contributed by atoms with E-state index in [-0.39, 0.29) is 6.54 Å². The molecule has 0 unspecified atom stereocenters. The van der Waals surface area contributed by atoms with E-state index in [9.17, 15) is 13.2 Å². The van der Waals surface area contributed by atoms with Crippen molar-refractivity contribution in [1.82, 2.24) is 0 Å². The lowest BCUT2D eigenvalue weighted by molar-refractivity contribution is -0.138. The van der Waals surface area contributed by atoms with Crippen LogP contribution in [0.1, 0.15) is 42.9 Å². The third kappa shape index (κ3) is 3.73. The molecule has 0 fully saturated rings. The Morgan fingerprint density at radius 3 is 2.41 bits per heavy atom. The molecule has 96 valence electrons. The number of hydrogen-bond donors (Lipinski definition) is 1. The molecule has 0 aliphatic carbocycles. The van der Waals surface area contributed by atoms with Gasteiger partial charge in [-0.3, -0.25) is 0 Å². The summed E-state index contributed by atoms with van der Waals surface area (Å²) in [5.41, 5.74) is 5.95. The summed E-state index contributed by atoms with van der Waals surface area (Å²) in [6.07, 6.45) is -1.12. The average Bonchev–Trinajstić information content (AvgIpc) is 2.28. The maximum Gasteiger partial charge on any atom is 0.416 e. The number of nitrogens with two attached hydrogens (primary N) is 1. The first-order valence-corrected chi connectivity index (χ1v) is 5.88. The second-order valence-corrected chi connectivity index (χ2v) is 4.10. The zero-order valence-corrected chi connectivity index (χ0v) is 9.98. The average molecular weight is 245 g/mol. The highest BCUT2D eigenvalue weighted by Crippen LogP contribution is 2.34. The molecule has 1 nitrogen and oxygen atoms in total. The van der Waals surface area contributed by atoms with Gasteiger partial charge in [0, 0.05) is 6.54 Å². The Labute approximate surface area is 99.8 Å². The summed E-state index contributed by atoms with van der Waals surface area (Å²) in [6, 6.07) is 4.24. The first-order chi connectivity index (χ1) is 8.00. The van der Waals surface area contributed by atoms with Crippen molar-refractivity contribution in [3.8, 4) is 0 Å². The number of hydrogen-bond acceptors (Lipinski definition) is 1. The zero-order chi connectivity index (χ0) is 12.9. The monoisotopic (exact) mass is 245 g/mol. The predicted octanol–water partition coefficient (Wildman–Crippen LogP) is 3.90. The Kier molecular flexibility index (Phi) is 5.00. The van der Waals surface area contributed by atoms with Gasteiger partial charge < -0.3 is 5.73 Å². The van der Waals surface area contributed by atoms with Gasteiger partial charge in [-0.1, -0.05) is 31.9 Å². The molecule has 0 saturated heterocycles. The van der Waals surface area contributed by atoms with Crippen molar-refractivity contribution < 1.29 is 13.2 Å². The van der Waals surface area contributed by atoms with Crippen molar-refractivity contribution in [1.29, 1.82) is 0 Å². The molecule has 0 saturated carbocycles. The molecule has 0 aromatic heterocycles. The Bertz CT molecular complexity index is 358. The summed E-state index contributed by atoms with van der Waals surface area (Å²) in [6.45, 7) is 2.19. The van der Waals surface area contributed by atoms with Crippen LogP contribution in [0.15, 0.2) is 18.2 Å². The summed E-state index contributed by atoms with van der Waals surface area (Å²) >= 11 is 0. The van der Waals surface area contributed by atoms with E-state index >= 15 is 0 Å². The minimum atomic E-state index is -4.28. The normalized spacial score (nSPS) is 11.8. The molecule has 1 aromatic rings. The summed E-state index contributed by atoms with van der Waals surface area (Å²) in [5.74, 6) is 0. The summed E-state index contributed by atoms with van der Waals surface area (Å²) in [4.78, 5) is 0. The molecule has 0 amide bonds. The van der Waals surface area contributed by atoms with Gasteiger partial charge in [-0.15, -0.1) is 0 Å². The summed E-state index contributed by atoms with van der Waals surface area (Å²) in [7, 11) is 0. The van der Waals surface area contributed by atoms with Crippen molar-refractivity contribution in [3.05, 3.63) is 34.9 Å². The van der Waals surface area contributed by atoms with Crippen molar-refractivity contribution in [2.24, 2.45) is 5.73 Å². The molecule has 0 atom stereocenters. The minimum Gasteiger partial charge on any atom is -0.326 e. The number of alkyl halides is 3. The topological polar surface area (TPSA) is 26.0 Å². The fourth-order valence-corrected chi connectivity index (χ4v) is 1.94.